The number of nitrogens with zero attached hydrogens (tertiary/aromatic N) is 5. The zero-order valence-corrected chi connectivity index (χ0v) is 27.5. The van der Waals surface area contributed by atoms with E-state index in [4.69, 9.17) is 21.5 Å². The molecule has 2 aromatic heterocycles. The van der Waals surface area contributed by atoms with Crippen molar-refractivity contribution >= 4 is 27.5 Å². The Hall–Kier alpha value is -7.16. The molecule has 9 aromatic rings. The van der Waals surface area contributed by atoms with Crippen LogP contribution in [0.2, 0.25) is 0 Å². The minimum absolute atomic E-state index is 0.461. The van der Waals surface area contributed by atoms with Gasteiger partial charge >= 0.3 is 0 Å². The Kier molecular flexibility index (Phi) is 7.46. The maximum atomic E-state index is 8.31. The van der Waals surface area contributed by atoms with Gasteiger partial charge in [-0.1, -0.05) is 140 Å². The summed E-state index contributed by atoms with van der Waals surface area (Å²) in [7, 11) is 0. The molecule has 0 saturated carbocycles. The van der Waals surface area contributed by atoms with Crippen LogP contribution in [0.3, 0.4) is 0 Å². The number of fused-ring (bicyclic) bond motifs is 3. The molecule has 0 spiro atoms. The molecule has 238 valence electrons. The minimum atomic E-state index is 0.461. The zero-order valence-electron chi connectivity index (χ0n) is 27.5. The average molecular weight is 652 g/mol. The van der Waals surface area contributed by atoms with Gasteiger partial charge in [0.05, 0.1) is 17.6 Å². The summed E-state index contributed by atoms with van der Waals surface area (Å²) in [6.07, 6.45) is 0. The molecule has 0 amide bonds. The first-order valence-electron chi connectivity index (χ1n) is 16.8. The van der Waals surface area contributed by atoms with Crippen molar-refractivity contribution in [3.05, 3.63) is 187 Å². The Morgan fingerprint density at radius 1 is 0.392 bits per heavy atom. The summed E-state index contributed by atoms with van der Waals surface area (Å²) in [6, 6.07) is 60.0. The quantitative estimate of drug-likeness (QED) is 0.168. The average Bonchev–Trinajstić information content (AvgIpc) is 3.54. The van der Waals surface area contributed by atoms with E-state index in [0.29, 0.717) is 28.7 Å². The predicted octanol–water partition coefficient (Wildman–Crippen LogP) is 11.9. The van der Waals surface area contributed by atoms with Gasteiger partial charge in [0.15, 0.2) is 23.2 Å². The molecule has 0 aliphatic heterocycles. The van der Waals surface area contributed by atoms with Gasteiger partial charge in [0.1, 0.15) is 0 Å². The molecule has 7 aromatic carbocycles. The van der Waals surface area contributed by atoms with E-state index in [0.717, 1.165) is 49.7 Å². The van der Waals surface area contributed by atoms with Gasteiger partial charge in [0.25, 0.3) is 0 Å². The summed E-state index contributed by atoms with van der Waals surface area (Å²) in [5, 5.41) is 2.30. The van der Waals surface area contributed by atoms with Gasteiger partial charge in [-0.05, 0) is 58.7 Å². The van der Waals surface area contributed by atoms with Crippen LogP contribution in [-0.2, 0) is 0 Å². The molecule has 2 heterocycles. The molecule has 5 heteroatoms. The van der Waals surface area contributed by atoms with Crippen LogP contribution in [0.25, 0.3) is 88.8 Å². The first kappa shape index (κ1) is 29.9. The second-order valence-corrected chi connectivity index (χ2v) is 12.4. The van der Waals surface area contributed by atoms with Crippen LogP contribution < -0.4 is 0 Å². The van der Waals surface area contributed by atoms with Crippen LogP contribution in [0.15, 0.2) is 176 Å². The second-order valence-electron chi connectivity index (χ2n) is 12.4. The maximum absolute atomic E-state index is 8.31. The van der Waals surface area contributed by atoms with Gasteiger partial charge in [-0.3, -0.25) is 0 Å². The molecule has 0 aliphatic rings. The largest absolute Gasteiger partial charge is 0.311 e. The summed E-state index contributed by atoms with van der Waals surface area (Å²) in [5.74, 6) is 1.58. The molecule has 9 rings (SSSR count). The first-order chi connectivity index (χ1) is 25.2. The fraction of sp³-hybridized carbons (Fsp3) is 0. The van der Waals surface area contributed by atoms with E-state index in [9.17, 15) is 0 Å². The lowest BCUT2D eigenvalue weighted by Crippen LogP contribution is -2.01. The van der Waals surface area contributed by atoms with Crippen LogP contribution in [0.5, 0.6) is 0 Å². The molecular formula is C46H29N5. The Labute approximate surface area is 295 Å². The third kappa shape index (κ3) is 5.51. The highest BCUT2D eigenvalue weighted by atomic mass is 15.0. The fourth-order valence-corrected chi connectivity index (χ4v) is 6.79. The number of hydrogen-bond acceptors (Lipinski definition) is 3. The molecule has 51 heavy (non-hydrogen) atoms. The third-order valence-electron chi connectivity index (χ3n) is 9.28. The van der Waals surface area contributed by atoms with E-state index in [2.05, 4.69) is 100 Å². The molecule has 0 radical (unpaired) electrons. The first-order valence-corrected chi connectivity index (χ1v) is 16.8. The molecule has 0 bridgehead atoms. The highest BCUT2D eigenvalue weighted by molar-refractivity contribution is 6.11. The van der Waals surface area contributed by atoms with Gasteiger partial charge < -0.3 is 4.57 Å². The van der Waals surface area contributed by atoms with Crippen molar-refractivity contribution in [2.24, 2.45) is 0 Å². The van der Waals surface area contributed by atoms with Gasteiger partial charge in [-0.2, -0.15) is 0 Å². The van der Waals surface area contributed by atoms with Crippen LogP contribution in [0.4, 0.5) is 5.69 Å². The van der Waals surface area contributed by atoms with Crippen LogP contribution >= 0.6 is 0 Å². The smallest absolute Gasteiger partial charge is 0.200 e. The standard InChI is InChI=1S/C46H29N5/c1-47-41-30-37(24-25-38(41)46-49-44(33-18-10-4-11-19-33)48-45(50-46)34-20-12-5-13-21-34)51-42-26-22-35(31-14-6-2-7-15-31)28-39(42)40-29-36(23-27-43(40)51)32-16-8-3-9-17-32/h2-30H. The van der Waals surface area contributed by atoms with Crippen LogP contribution in [0.1, 0.15) is 0 Å². The van der Waals surface area contributed by atoms with Crippen molar-refractivity contribution in [2.45, 2.75) is 0 Å². The van der Waals surface area contributed by atoms with Gasteiger partial charge in [-0.15, -0.1) is 0 Å². The van der Waals surface area contributed by atoms with E-state index < -0.39 is 0 Å². The van der Waals surface area contributed by atoms with E-state index in [-0.39, 0.29) is 0 Å². The Balaban J connectivity index is 1.23. The highest BCUT2D eigenvalue weighted by Gasteiger charge is 2.19. The van der Waals surface area contributed by atoms with Crippen LogP contribution in [-0.4, -0.2) is 19.5 Å². The van der Waals surface area contributed by atoms with Crippen molar-refractivity contribution in [2.75, 3.05) is 0 Å². The molecule has 0 unspecified atom stereocenters. The lowest BCUT2D eigenvalue weighted by Gasteiger charge is -2.13. The van der Waals surface area contributed by atoms with Crippen molar-refractivity contribution in [3.8, 4) is 62.1 Å². The minimum Gasteiger partial charge on any atom is -0.311 e. The van der Waals surface area contributed by atoms with E-state index in [1.165, 1.54) is 11.1 Å². The van der Waals surface area contributed by atoms with Gasteiger partial charge in [0, 0.05) is 33.2 Å². The van der Waals surface area contributed by atoms with Crippen molar-refractivity contribution in [1.29, 1.82) is 0 Å². The van der Waals surface area contributed by atoms with Gasteiger partial charge in [0.2, 0.25) is 0 Å². The SMILES string of the molecule is [C-]#[N+]c1cc(-n2c3ccc(-c4ccccc4)cc3c3cc(-c4ccccc4)ccc32)ccc1-c1nc(-c2ccccc2)nc(-c2ccccc2)n1. The molecular weight excluding hydrogens is 623 g/mol. The lowest BCUT2D eigenvalue weighted by molar-refractivity contribution is 1.07. The summed E-state index contributed by atoms with van der Waals surface area (Å²) >= 11 is 0. The Morgan fingerprint density at radius 2 is 0.824 bits per heavy atom. The summed E-state index contributed by atoms with van der Waals surface area (Å²) < 4.78 is 2.25. The number of aromatic nitrogens is 4. The molecule has 0 atom stereocenters. The van der Waals surface area contributed by atoms with E-state index in [1.54, 1.807) is 0 Å². The Bertz CT molecular complexity index is 2580. The normalized spacial score (nSPS) is 11.1. The summed E-state index contributed by atoms with van der Waals surface area (Å²) in [6.45, 7) is 8.31. The van der Waals surface area contributed by atoms with Crippen molar-refractivity contribution in [1.82, 2.24) is 19.5 Å². The summed E-state index contributed by atoms with van der Waals surface area (Å²) in [5.41, 5.74) is 10.6. The van der Waals surface area contributed by atoms with Crippen LogP contribution in [0, 0.1) is 6.57 Å². The molecule has 0 saturated heterocycles. The van der Waals surface area contributed by atoms with Gasteiger partial charge in [-0.25, -0.2) is 19.8 Å². The highest BCUT2D eigenvalue weighted by Crippen LogP contribution is 2.39. The fourth-order valence-electron chi connectivity index (χ4n) is 6.79. The van der Waals surface area contributed by atoms with Crippen molar-refractivity contribution in [3.63, 3.8) is 0 Å². The molecule has 5 nitrogen and oxygen atoms in total. The predicted molar refractivity (Wildman–Crippen MR) is 208 cm³/mol. The molecule has 0 fully saturated rings. The van der Waals surface area contributed by atoms with Crippen molar-refractivity contribution < 1.29 is 0 Å². The number of benzene rings is 7. The Morgan fingerprint density at radius 3 is 1.27 bits per heavy atom. The van der Waals surface area contributed by atoms with E-state index in [1.807, 2.05) is 84.9 Å². The lowest BCUT2D eigenvalue weighted by atomic mass is 10.0. The summed E-state index contributed by atoms with van der Waals surface area (Å²) in [4.78, 5) is 18.7. The maximum Gasteiger partial charge on any atom is 0.200 e. The third-order valence-corrected chi connectivity index (χ3v) is 9.28. The second kappa shape index (κ2) is 12.7. The zero-order chi connectivity index (χ0) is 34.1. The molecule has 0 N–H and O–H groups in total. The molecule has 0 aliphatic carbocycles. The number of hydrogen-bond donors (Lipinski definition) is 0. The number of rotatable bonds is 6. The topological polar surface area (TPSA) is 48.0 Å². The monoisotopic (exact) mass is 651 g/mol. The van der Waals surface area contributed by atoms with E-state index >= 15 is 0 Å².